The molecule has 1 atom stereocenters. The molecule has 1 aliphatic carbocycles. The number of fused-ring (bicyclic) bond motifs is 1. The number of benzene rings is 1. The Morgan fingerprint density at radius 2 is 2.21 bits per heavy atom. The zero-order valence-corrected chi connectivity index (χ0v) is 8.52. The molecule has 2 rings (SSSR count). The predicted octanol–water partition coefficient (Wildman–Crippen LogP) is 2.38. The van der Waals surface area contributed by atoms with Crippen LogP contribution in [-0.4, -0.2) is 6.54 Å². The van der Waals surface area contributed by atoms with Crippen molar-refractivity contribution in [1.82, 2.24) is 0 Å². The molecule has 0 amide bonds. The maximum Gasteiger partial charge on any atom is 0.130 e. The second kappa shape index (κ2) is 3.70. The van der Waals surface area contributed by atoms with Gasteiger partial charge >= 0.3 is 0 Å². The molecule has 2 N–H and O–H groups in total. The maximum absolute atomic E-state index is 14.0. The summed E-state index contributed by atoms with van der Waals surface area (Å²) in [5, 5.41) is 0. The van der Waals surface area contributed by atoms with Gasteiger partial charge in [0, 0.05) is 0 Å². The largest absolute Gasteiger partial charge is 0.330 e. The van der Waals surface area contributed by atoms with E-state index >= 15 is 0 Å². The highest BCUT2D eigenvalue weighted by Gasteiger charge is 2.19. The van der Waals surface area contributed by atoms with Gasteiger partial charge in [0.15, 0.2) is 0 Å². The molecule has 1 nitrogen and oxygen atoms in total. The number of hydrogen-bond acceptors (Lipinski definition) is 1. The van der Waals surface area contributed by atoms with Crippen molar-refractivity contribution in [2.45, 2.75) is 32.1 Å². The highest BCUT2D eigenvalue weighted by Crippen LogP contribution is 2.29. The molecular weight excluding hydrogens is 177 g/mol. The summed E-state index contributed by atoms with van der Waals surface area (Å²) in [5.41, 5.74) is 8.46. The van der Waals surface area contributed by atoms with E-state index in [4.69, 9.17) is 5.73 Å². The van der Waals surface area contributed by atoms with E-state index < -0.39 is 0 Å². The summed E-state index contributed by atoms with van der Waals surface area (Å²) in [5.74, 6) is 0.124. The van der Waals surface area contributed by atoms with Gasteiger partial charge in [-0.1, -0.05) is 19.1 Å². The number of halogens is 1. The molecule has 0 saturated heterocycles. The lowest BCUT2D eigenvalue weighted by molar-refractivity contribution is 0.578. The van der Waals surface area contributed by atoms with Crippen LogP contribution in [0.5, 0.6) is 0 Å². The molecule has 0 fully saturated rings. The molecule has 2 heteroatoms. The van der Waals surface area contributed by atoms with Crippen LogP contribution < -0.4 is 5.73 Å². The van der Waals surface area contributed by atoms with Crippen LogP contribution in [0.25, 0.3) is 0 Å². The van der Waals surface area contributed by atoms with Crippen molar-refractivity contribution < 1.29 is 4.39 Å². The number of nitrogens with two attached hydrogens (primary N) is 1. The minimum absolute atomic E-state index is 0.00190. The lowest BCUT2D eigenvalue weighted by Gasteiger charge is -2.12. The maximum atomic E-state index is 14.0. The summed E-state index contributed by atoms with van der Waals surface area (Å²) in [6, 6.07) is 3.96. The molecule has 1 unspecified atom stereocenters. The van der Waals surface area contributed by atoms with Crippen molar-refractivity contribution in [1.29, 1.82) is 0 Å². The standard InChI is InChI=1S/C12H16FN/c1-8(7-14)10-6-5-9-3-2-4-11(9)12(10)13/h5-6,8H,2-4,7,14H2,1H3. The van der Waals surface area contributed by atoms with Crippen LogP contribution in [0, 0.1) is 5.82 Å². The second-order valence-electron chi connectivity index (χ2n) is 4.10. The molecular formula is C12H16FN. The first-order valence-electron chi connectivity index (χ1n) is 5.24. The number of aryl methyl sites for hydroxylation is 1. The van der Waals surface area contributed by atoms with Gasteiger partial charge in [0.1, 0.15) is 5.82 Å². The van der Waals surface area contributed by atoms with Crippen LogP contribution in [0.1, 0.15) is 36.0 Å². The molecule has 0 heterocycles. The van der Waals surface area contributed by atoms with E-state index in [1.165, 1.54) is 5.56 Å². The Hall–Kier alpha value is -0.890. The monoisotopic (exact) mass is 193 g/mol. The molecule has 1 aromatic rings. The first-order valence-corrected chi connectivity index (χ1v) is 5.24. The van der Waals surface area contributed by atoms with Gasteiger partial charge in [-0.2, -0.15) is 0 Å². The average Bonchev–Trinajstić information content (AvgIpc) is 2.66. The molecule has 14 heavy (non-hydrogen) atoms. The highest BCUT2D eigenvalue weighted by molar-refractivity contribution is 5.38. The van der Waals surface area contributed by atoms with E-state index in [1.807, 2.05) is 13.0 Å². The molecule has 1 aromatic carbocycles. The lowest BCUT2D eigenvalue weighted by atomic mass is 9.96. The van der Waals surface area contributed by atoms with E-state index in [-0.39, 0.29) is 11.7 Å². The van der Waals surface area contributed by atoms with Gasteiger partial charge in [0.05, 0.1) is 0 Å². The van der Waals surface area contributed by atoms with Gasteiger partial charge in [-0.15, -0.1) is 0 Å². The Morgan fingerprint density at radius 3 is 2.93 bits per heavy atom. The summed E-state index contributed by atoms with van der Waals surface area (Å²) < 4.78 is 14.0. The third kappa shape index (κ3) is 1.44. The Bertz CT molecular complexity index is 346. The molecule has 1 aliphatic rings. The molecule has 76 valence electrons. The van der Waals surface area contributed by atoms with E-state index in [0.29, 0.717) is 6.54 Å². The van der Waals surface area contributed by atoms with Gasteiger partial charge < -0.3 is 5.73 Å². The molecule has 0 saturated carbocycles. The average molecular weight is 193 g/mol. The molecule has 0 aliphatic heterocycles. The molecule has 0 aromatic heterocycles. The van der Waals surface area contributed by atoms with Crippen molar-refractivity contribution in [2.75, 3.05) is 6.54 Å². The number of hydrogen-bond donors (Lipinski definition) is 1. The van der Waals surface area contributed by atoms with Gasteiger partial charge in [0.25, 0.3) is 0 Å². The van der Waals surface area contributed by atoms with Crippen molar-refractivity contribution in [3.63, 3.8) is 0 Å². The van der Waals surface area contributed by atoms with Crippen LogP contribution in [0.4, 0.5) is 4.39 Å². The summed E-state index contributed by atoms with van der Waals surface area (Å²) in [4.78, 5) is 0. The van der Waals surface area contributed by atoms with E-state index in [0.717, 1.165) is 30.4 Å². The zero-order chi connectivity index (χ0) is 10.1. The van der Waals surface area contributed by atoms with Crippen molar-refractivity contribution in [3.8, 4) is 0 Å². The lowest BCUT2D eigenvalue weighted by Crippen LogP contribution is -2.11. The number of rotatable bonds is 2. The van der Waals surface area contributed by atoms with E-state index in [2.05, 4.69) is 6.07 Å². The fourth-order valence-corrected chi connectivity index (χ4v) is 2.15. The van der Waals surface area contributed by atoms with Crippen molar-refractivity contribution in [2.24, 2.45) is 5.73 Å². The van der Waals surface area contributed by atoms with E-state index in [1.54, 1.807) is 0 Å². The third-order valence-corrected chi connectivity index (χ3v) is 3.13. The van der Waals surface area contributed by atoms with Crippen LogP contribution in [-0.2, 0) is 12.8 Å². The molecule has 0 spiro atoms. The normalized spacial score (nSPS) is 16.8. The fraction of sp³-hybridized carbons (Fsp3) is 0.500. The summed E-state index contributed by atoms with van der Waals surface area (Å²) in [7, 11) is 0. The summed E-state index contributed by atoms with van der Waals surface area (Å²) in [6.45, 7) is 2.48. The van der Waals surface area contributed by atoms with Gasteiger partial charge in [-0.25, -0.2) is 4.39 Å². The second-order valence-corrected chi connectivity index (χ2v) is 4.10. The van der Waals surface area contributed by atoms with Gasteiger partial charge in [-0.3, -0.25) is 0 Å². The minimum atomic E-state index is -0.00190. The zero-order valence-electron chi connectivity index (χ0n) is 8.52. The first-order chi connectivity index (χ1) is 6.74. The predicted molar refractivity (Wildman–Crippen MR) is 55.9 cm³/mol. The fourth-order valence-electron chi connectivity index (χ4n) is 2.15. The Labute approximate surface area is 84.1 Å². The van der Waals surface area contributed by atoms with Crippen LogP contribution >= 0.6 is 0 Å². The summed E-state index contributed by atoms with van der Waals surface area (Å²) >= 11 is 0. The summed E-state index contributed by atoms with van der Waals surface area (Å²) in [6.07, 6.45) is 3.02. The Morgan fingerprint density at radius 1 is 1.43 bits per heavy atom. The first kappa shape index (κ1) is 9.66. The topological polar surface area (TPSA) is 26.0 Å². The van der Waals surface area contributed by atoms with Crippen molar-refractivity contribution in [3.05, 3.63) is 34.6 Å². The highest BCUT2D eigenvalue weighted by atomic mass is 19.1. The van der Waals surface area contributed by atoms with Crippen LogP contribution in [0.15, 0.2) is 12.1 Å². The van der Waals surface area contributed by atoms with Crippen LogP contribution in [0.2, 0.25) is 0 Å². The van der Waals surface area contributed by atoms with Gasteiger partial charge in [0.2, 0.25) is 0 Å². The quantitative estimate of drug-likeness (QED) is 0.766. The third-order valence-electron chi connectivity index (χ3n) is 3.13. The Balaban J connectivity index is 2.44. The minimum Gasteiger partial charge on any atom is -0.330 e. The Kier molecular flexibility index (Phi) is 2.55. The van der Waals surface area contributed by atoms with Gasteiger partial charge in [-0.05, 0) is 48.4 Å². The molecule has 0 radical (unpaired) electrons. The SMILES string of the molecule is CC(CN)c1ccc2c(c1F)CCC2. The van der Waals surface area contributed by atoms with Crippen LogP contribution in [0.3, 0.4) is 0 Å². The molecule has 0 bridgehead atoms. The van der Waals surface area contributed by atoms with E-state index in [9.17, 15) is 4.39 Å². The smallest absolute Gasteiger partial charge is 0.130 e. The van der Waals surface area contributed by atoms with Crippen molar-refractivity contribution >= 4 is 0 Å².